The Labute approximate surface area is 467 Å². The van der Waals surface area contributed by atoms with Crippen molar-refractivity contribution < 1.29 is 13.3 Å². The molecule has 5 heteroatoms. The van der Waals surface area contributed by atoms with Gasteiger partial charge in [-0.2, -0.15) is 0 Å². The number of benzene rings is 13. The van der Waals surface area contributed by atoms with Crippen molar-refractivity contribution in [2.45, 2.75) is 0 Å². The average Bonchev–Trinajstić information content (AvgIpc) is 4.45. The van der Waals surface area contributed by atoms with E-state index in [1.807, 2.05) is 18.2 Å². The zero-order valence-corrected chi connectivity index (χ0v) is 43.8. The highest BCUT2D eigenvalue weighted by Crippen LogP contribution is 2.51. The van der Waals surface area contributed by atoms with E-state index in [0.717, 1.165) is 155 Å². The maximum Gasteiger partial charge on any atom is 0.159 e. The standard InChI is InChI=1S/C76H48N2O3/c1-5-21-49(22-6-1)53-41-54(50-23-7-2-8-24-50)44-58(43-53)77(67-35-19-33-64-61-30-15-17-37-70(61)80-75(64)67)57-39-40-66-72(47-57)79-73-48-69(60-29-13-14-32-63(60)74(66)73)78(68-36-20-34-65-62-31-16-18-38-71(62)81-76(65)68)59-45-55(51-25-9-3-10-26-51)42-56(46-59)52-27-11-4-12-28-52/h1-48H. The van der Waals surface area contributed by atoms with Gasteiger partial charge in [0.15, 0.2) is 11.2 Å². The third-order valence-electron chi connectivity index (χ3n) is 16.0. The Morgan fingerprint density at radius 1 is 0.198 bits per heavy atom. The van der Waals surface area contributed by atoms with Crippen molar-refractivity contribution in [3.8, 4) is 44.5 Å². The van der Waals surface area contributed by atoms with Crippen LogP contribution in [0.25, 0.3) is 121 Å². The molecule has 0 N–H and O–H groups in total. The summed E-state index contributed by atoms with van der Waals surface area (Å²) < 4.78 is 21.1. The van der Waals surface area contributed by atoms with E-state index in [4.69, 9.17) is 13.3 Å². The second-order valence-corrected chi connectivity index (χ2v) is 20.8. The fourth-order valence-electron chi connectivity index (χ4n) is 12.3. The Bertz CT molecular complexity index is 4940. The minimum atomic E-state index is 0.762. The summed E-state index contributed by atoms with van der Waals surface area (Å²) in [6.45, 7) is 0. The normalized spacial score (nSPS) is 11.7. The first-order valence-corrected chi connectivity index (χ1v) is 27.5. The van der Waals surface area contributed by atoms with Crippen molar-refractivity contribution in [2.24, 2.45) is 0 Å². The SMILES string of the molecule is c1ccc(-c2cc(-c3ccccc3)cc(N(c3ccc4c(c3)oc3cc(N(c5cc(-c6ccccc6)cc(-c6ccccc6)c5)c5cccc6c5oc5ccccc56)c5ccccc5c34)c3cccc4c3oc3ccccc34)c2)cc1. The minimum absolute atomic E-state index is 0.762. The topological polar surface area (TPSA) is 45.9 Å². The summed E-state index contributed by atoms with van der Waals surface area (Å²) in [5.41, 5.74) is 19.4. The van der Waals surface area contributed by atoms with Gasteiger partial charge in [0.25, 0.3) is 0 Å². The van der Waals surface area contributed by atoms with Gasteiger partial charge in [0.05, 0.1) is 22.7 Å². The van der Waals surface area contributed by atoms with Crippen molar-refractivity contribution >= 4 is 111 Å². The predicted molar refractivity (Wildman–Crippen MR) is 337 cm³/mol. The summed E-state index contributed by atoms with van der Waals surface area (Å²) in [5.74, 6) is 0. The van der Waals surface area contributed by atoms with Crippen LogP contribution < -0.4 is 9.80 Å². The monoisotopic (exact) mass is 1040 g/mol. The molecule has 0 bridgehead atoms. The highest BCUT2D eigenvalue weighted by molar-refractivity contribution is 6.24. The first kappa shape index (κ1) is 46.2. The largest absolute Gasteiger partial charge is 0.456 e. The summed E-state index contributed by atoms with van der Waals surface area (Å²) in [7, 11) is 0. The van der Waals surface area contributed by atoms with E-state index >= 15 is 0 Å². The van der Waals surface area contributed by atoms with E-state index in [0.29, 0.717) is 0 Å². The maximum atomic E-state index is 7.33. The van der Waals surface area contributed by atoms with E-state index in [2.05, 4.69) is 283 Å². The zero-order valence-electron chi connectivity index (χ0n) is 43.8. The second kappa shape index (κ2) is 18.9. The molecule has 0 aliphatic heterocycles. The molecule has 0 spiro atoms. The quantitative estimate of drug-likeness (QED) is 0.137. The molecular weight excluding hydrogens is 989 g/mol. The van der Waals surface area contributed by atoms with Crippen molar-refractivity contribution in [1.82, 2.24) is 0 Å². The van der Waals surface area contributed by atoms with Crippen LogP contribution in [-0.2, 0) is 0 Å². The molecule has 3 aromatic heterocycles. The molecule has 16 rings (SSSR count). The second-order valence-electron chi connectivity index (χ2n) is 20.8. The third-order valence-corrected chi connectivity index (χ3v) is 16.0. The zero-order chi connectivity index (χ0) is 53.4. The summed E-state index contributed by atoms with van der Waals surface area (Å²) in [6, 6.07) is 103. The van der Waals surface area contributed by atoms with Gasteiger partial charge in [-0.1, -0.05) is 206 Å². The van der Waals surface area contributed by atoms with Crippen LogP contribution in [0.15, 0.2) is 304 Å². The van der Waals surface area contributed by atoms with Crippen LogP contribution in [0.4, 0.5) is 34.1 Å². The molecule has 81 heavy (non-hydrogen) atoms. The average molecular weight is 1040 g/mol. The minimum Gasteiger partial charge on any atom is -0.456 e. The smallest absolute Gasteiger partial charge is 0.159 e. The van der Waals surface area contributed by atoms with Gasteiger partial charge in [-0.25, -0.2) is 0 Å². The molecule has 380 valence electrons. The lowest BCUT2D eigenvalue weighted by atomic mass is 9.96. The fourth-order valence-corrected chi connectivity index (χ4v) is 12.3. The molecule has 5 nitrogen and oxygen atoms in total. The number of para-hydroxylation sites is 4. The molecule has 0 saturated heterocycles. The molecular formula is C76H48N2O3. The summed E-state index contributed by atoms with van der Waals surface area (Å²) in [6.07, 6.45) is 0. The Balaban J connectivity index is 0.948. The molecule has 0 fully saturated rings. The molecule has 0 radical (unpaired) electrons. The first-order valence-electron chi connectivity index (χ1n) is 27.5. The molecule has 3 heterocycles. The number of hydrogen-bond acceptors (Lipinski definition) is 5. The van der Waals surface area contributed by atoms with Crippen LogP contribution in [0, 0.1) is 0 Å². The number of anilines is 6. The van der Waals surface area contributed by atoms with Gasteiger partial charge in [0, 0.05) is 61.2 Å². The van der Waals surface area contributed by atoms with Gasteiger partial charge >= 0.3 is 0 Å². The number of furan rings is 3. The van der Waals surface area contributed by atoms with Gasteiger partial charge < -0.3 is 23.1 Å². The molecule has 0 saturated carbocycles. The number of nitrogens with zero attached hydrogens (tertiary/aromatic N) is 2. The number of hydrogen-bond donors (Lipinski definition) is 0. The Morgan fingerprint density at radius 2 is 0.605 bits per heavy atom. The van der Waals surface area contributed by atoms with Gasteiger partial charge in [0.1, 0.15) is 22.3 Å². The lowest BCUT2D eigenvalue weighted by Gasteiger charge is -2.28. The van der Waals surface area contributed by atoms with Crippen LogP contribution in [0.3, 0.4) is 0 Å². The van der Waals surface area contributed by atoms with Crippen molar-refractivity contribution in [3.05, 3.63) is 291 Å². The number of rotatable bonds is 10. The van der Waals surface area contributed by atoms with Crippen molar-refractivity contribution in [3.63, 3.8) is 0 Å². The maximum absolute atomic E-state index is 7.33. The molecule has 16 aromatic rings. The Kier molecular flexibility index (Phi) is 10.8. The molecule has 0 aliphatic rings. The molecule has 0 amide bonds. The van der Waals surface area contributed by atoms with Crippen LogP contribution in [0.2, 0.25) is 0 Å². The molecule has 13 aromatic carbocycles. The van der Waals surface area contributed by atoms with Crippen LogP contribution >= 0.6 is 0 Å². The van der Waals surface area contributed by atoms with E-state index in [1.54, 1.807) is 0 Å². The Hall–Kier alpha value is -10.9. The first-order chi connectivity index (χ1) is 40.1. The lowest BCUT2D eigenvalue weighted by molar-refractivity contribution is 0.667. The van der Waals surface area contributed by atoms with Gasteiger partial charge in [0.2, 0.25) is 0 Å². The van der Waals surface area contributed by atoms with Crippen molar-refractivity contribution in [2.75, 3.05) is 9.80 Å². The summed E-state index contributed by atoms with van der Waals surface area (Å²) >= 11 is 0. The third kappa shape index (κ3) is 7.85. The van der Waals surface area contributed by atoms with Crippen molar-refractivity contribution in [1.29, 1.82) is 0 Å². The van der Waals surface area contributed by atoms with E-state index < -0.39 is 0 Å². The van der Waals surface area contributed by atoms with E-state index in [9.17, 15) is 0 Å². The fraction of sp³-hybridized carbons (Fsp3) is 0. The molecule has 0 atom stereocenters. The van der Waals surface area contributed by atoms with Crippen LogP contribution in [-0.4, -0.2) is 0 Å². The number of fused-ring (bicyclic) bond motifs is 11. The van der Waals surface area contributed by atoms with Gasteiger partial charge in [-0.3, -0.25) is 0 Å². The highest BCUT2D eigenvalue weighted by Gasteiger charge is 2.27. The van der Waals surface area contributed by atoms with Crippen LogP contribution in [0.1, 0.15) is 0 Å². The molecule has 0 unspecified atom stereocenters. The predicted octanol–water partition coefficient (Wildman–Crippen LogP) is 22.1. The highest BCUT2D eigenvalue weighted by atomic mass is 16.3. The Morgan fingerprint density at radius 3 is 1.10 bits per heavy atom. The van der Waals surface area contributed by atoms with E-state index in [-0.39, 0.29) is 0 Å². The summed E-state index contributed by atoms with van der Waals surface area (Å²) in [5, 5.41) is 8.45. The van der Waals surface area contributed by atoms with Gasteiger partial charge in [-0.05, 0) is 123 Å². The van der Waals surface area contributed by atoms with E-state index in [1.165, 1.54) is 0 Å². The van der Waals surface area contributed by atoms with Gasteiger partial charge in [-0.15, -0.1) is 0 Å². The van der Waals surface area contributed by atoms with Crippen LogP contribution in [0.5, 0.6) is 0 Å². The summed E-state index contributed by atoms with van der Waals surface area (Å²) in [4.78, 5) is 4.71. The molecule has 0 aliphatic carbocycles. The lowest BCUT2D eigenvalue weighted by Crippen LogP contribution is -2.11.